The van der Waals surface area contributed by atoms with Gasteiger partial charge < -0.3 is 20.6 Å². The van der Waals surface area contributed by atoms with Gasteiger partial charge in [-0.25, -0.2) is 4.79 Å². The molecule has 1 amide bonds. The molecule has 8 heteroatoms. The van der Waals surface area contributed by atoms with Gasteiger partial charge in [0.05, 0.1) is 12.5 Å². The number of amides is 1. The molecule has 0 saturated heterocycles. The number of hydrogen-bond donors (Lipinski definition) is 4. The largest absolute Gasteiger partial charge is 0.481 e. The van der Waals surface area contributed by atoms with Gasteiger partial charge in [0.1, 0.15) is 0 Å². The molecule has 7 nitrogen and oxygen atoms in total. The number of nitrogens with one attached hydrogen (secondary N) is 1. The van der Waals surface area contributed by atoms with Gasteiger partial charge in [-0.15, -0.1) is 0 Å². The molecule has 0 spiro atoms. The number of aliphatic carboxylic acids is 2. The molecule has 2 aromatic carbocycles. The first kappa shape index (κ1) is 21.4. The van der Waals surface area contributed by atoms with Crippen LogP contribution in [0, 0.1) is 0 Å². The lowest BCUT2D eigenvalue weighted by atomic mass is 9.98. The fourth-order valence-electron chi connectivity index (χ4n) is 2.67. The van der Waals surface area contributed by atoms with Crippen LogP contribution in [0.4, 0.5) is 0 Å². The molecule has 0 heterocycles. The summed E-state index contributed by atoms with van der Waals surface area (Å²) in [6.45, 7) is 0. The minimum atomic E-state index is -1.82. The quantitative estimate of drug-likeness (QED) is 0.507. The number of carboxylic acids is 2. The zero-order chi connectivity index (χ0) is 20.7. The second-order valence-corrected chi connectivity index (χ2v) is 6.70. The molecule has 0 aliphatic heterocycles. The summed E-state index contributed by atoms with van der Waals surface area (Å²) in [6.07, 6.45) is -2.43. The van der Waals surface area contributed by atoms with E-state index in [0.717, 1.165) is 11.1 Å². The van der Waals surface area contributed by atoms with Crippen LogP contribution in [0.15, 0.2) is 48.5 Å². The summed E-state index contributed by atoms with van der Waals surface area (Å²) in [5, 5.41) is 30.6. The Morgan fingerprint density at radius 3 is 2.21 bits per heavy atom. The molecular weight excluding hydrogens is 386 g/mol. The number of benzene rings is 2. The summed E-state index contributed by atoms with van der Waals surface area (Å²) >= 11 is 5.99. The van der Waals surface area contributed by atoms with Crippen molar-refractivity contribution in [3.63, 3.8) is 0 Å². The molecule has 148 valence electrons. The van der Waals surface area contributed by atoms with Crippen molar-refractivity contribution in [2.45, 2.75) is 31.4 Å². The highest BCUT2D eigenvalue weighted by Gasteiger charge is 2.27. The SMILES string of the molecule is O=C(O)CCC(=O)N[C@H](Cc1ccc(-c2cccc(Cl)c2)cc1)C(O)C(=O)O. The van der Waals surface area contributed by atoms with Gasteiger partial charge in [-0.05, 0) is 35.2 Å². The molecule has 1 unspecified atom stereocenters. The number of carboxylic acid groups (broad SMARTS) is 2. The monoisotopic (exact) mass is 405 g/mol. The van der Waals surface area contributed by atoms with Crippen LogP contribution in [0.2, 0.25) is 5.02 Å². The first-order chi connectivity index (χ1) is 13.3. The number of hydrogen-bond acceptors (Lipinski definition) is 4. The normalized spacial score (nSPS) is 12.8. The van der Waals surface area contributed by atoms with Crippen LogP contribution in [-0.4, -0.2) is 45.3 Å². The molecule has 28 heavy (non-hydrogen) atoms. The Hall–Kier alpha value is -2.90. The molecule has 0 bridgehead atoms. The molecule has 2 atom stereocenters. The van der Waals surface area contributed by atoms with E-state index >= 15 is 0 Å². The van der Waals surface area contributed by atoms with E-state index in [1.807, 2.05) is 30.3 Å². The van der Waals surface area contributed by atoms with Crippen LogP contribution >= 0.6 is 11.6 Å². The van der Waals surface area contributed by atoms with E-state index in [-0.39, 0.29) is 19.3 Å². The predicted octanol–water partition coefficient (Wildman–Crippen LogP) is 2.34. The van der Waals surface area contributed by atoms with Crippen LogP contribution < -0.4 is 5.32 Å². The lowest BCUT2D eigenvalue weighted by Crippen LogP contribution is -2.48. The van der Waals surface area contributed by atoms with Crippen molar-refractivity contribution in [3.05, 3.63) is 59.1 Å². The Kier molecular flexibility index (Phi) is 7.54. The average molecular weight is 406 g/mol. The van der Waals surface area contributed by atoms with E-state index < -0.39 is 30.0 Å². The second-order valence-electron chi connectivity index (χ2n) is 6.26. The van der Waals surface area contributed by atoms with Crippen molar-refractivity contribution < 1.29 is 29.7 Å². The van der Waals surface area contributed by atoms with E-state index in [1.54, 1.807) is 18.2 Å². The number of halogens is 1. The summed E-state index contributed by atoms with van der Waals surface area (Å²) in [7, 11) is 0. The highest BCUT2D eigenvalue weighted by atomic mass is 35.5. The summed E-state index contributed by atoms with van der Waals surface area (Å²) in [6, 6.07) is 13.4. The van der Waals surface area contributed by atoms with E-state index in [0.29, 0.717) is 10.6 Å². The highest BCUT2D eigenvalue weighted by molar-refractivity contribution is 6.30. The van der Waals surface area contributed by atoms with Crippen molar-refractivity contribution in [2.75, 3.05) is 0 Å². The molecular formula is C20H20ClNO6. The zero-order valence-corrected chi connectivity index (χ0v) is 15.6. The van der Waals surface area contributed by atoms with Gasteiger partial charge in [-0.3, -0.25) is 9.59 Å². The molecule has 2 aromatic rings. The topological polar surface area (TPSA) is 124 Å². The van der Waals surface area contributed by atoms with Crippen molar-refractivity contribution in [1.82, 2.24) is 5.32 Å². The lowest BCUT2D eigenvalue weighted by Gasteiger charge is -2.21. The van der Waals surface area contributed by atoms with Gasteiger partial charge >= 0.3 is 11.9 Å². The van der Waals surface area contributed by atoms with Crippen LogP contribution in [0.5, 0.6) is 0 Å². The third-order valence-electron chi connectivity index (χ3n) is 4.11. The number of aliphatic hydroxyl groups excluding tert-OH is 1. The van der Waals surface area contributed by atoms with Gasteiger partial charge in [0, 0.05) is 11.4 Å². The third-order valence-corrected chi connectivity index (χ3v) is 4.35. The van der Waals surface area contributed by atoms with Crippen molar-refractivity contribution >= 4 is 29.4 Å². The van der Waals surface area contributed by atoms with Gasteiger partial charge in [0.15, 0.2) is 6.10 Å². The fraction of sp³-hybridized carbons (Fsp3) is 0.250. The third kappa shape index (κ3) is 6.37. The lowest BCUT2D eigenvalue weighted by molar-refractivity contribution is -0.149. The van der Waals surface area contributed by atoms with Gasteiger partial charge in [0.2, 0.25) is 5.91 Å². The van der Waals surface area contributed by atoms with Crippen LogP contribution in [-0.2, 0) is 20.8 Å². The average Bonchev–Trinajstić information content (AvgIpc) is 2.65. The summed E-state index contributed by atoms with van der Waals surface area (Å²) in [5.74, 6) is -3.25. The first-order valence-corrected chi connectivity index (χ1v) is 8.91. The van der Waals surface area contributed by atoms with Gasteiger partial charge in [0.25, 0.3) is 0 Å². The van der Waals surface area contributed by atoms with E-state index in [4.69, 9.17) is 21.8 Å². The molecule has 2 rings (SSSR count). The maximum Gasteiger partial charge on any atom is 0.334 e. The summed E-state index contributed by atoms with van der Waals surface area (Å²) < 4.78 is 0. The number of rotatable bonds is 9. The smallest absolute Gasteiger partial charge is 0.334 e. The minimum absolute atomic E-state index is 0.0715. The first-order valence-electron chi connectivity index (χ1n) is 8.53. The summed E-state index contributed by atoms with van der Waals surface area (Å²) in [4.78, 5) is 33.6. The molecule has 0 aliphatic carbocycles. The predicted molar refractivity (Wildman–Crippen MR) is 103 cm³/mol. The number of carbonyl (C=O) groups is 3. The van der Waals surface area contributed by atoms with Gasteiger partial charge in [-0.1, -0.05) is 48.0 Å². The maximum atomic E-state index is 11.9. The van der Waals surface area contributed by atoms with Crippen molar-refractivity contribution in [1.29, 1.82) is 0 Å². The second kappa shape index (κ2) is 9.87. The number of carbonyl (C=O) groups excluding carboxylic acids is 1. The zero-order valence-electron chi connectivity index (χ0n) is 14.8. The maximum absolute atomic E-state index is 11.9. The number of aliphatic hydroxyl groups is 1. The molecule has 0 saturated carbocycles. The Morgan fingerprint density at radius 1 is 0.964 bits per heavy atom. The Labute approximate surface area is 166 Å². The van der Waals surface area contributed by atoms with E-state index in [1.165, 1.54) is 0 Å². The van der Waals surface area contributed by atoms with E-state index in [9.17, 15) is 19.5 Å². The van der Waals surface area contributed by atoms with Gasteiger partial charge in [-0.2, -0.15) is 0 Å². The molecule has 0 radical (unpaired) electrons. The summed E-state index contributed by atoms with van der Waals surface area (Å²) in [5.41, 5.74) is 2.53. The van der Waals surface area contributed by atoms with Crippen molar-refractivity contribution in [2.24, 2.45) is 0 Å². The molecule has 0 aliphatic rings. The van der Waals surface area contributed by atoms with Crippen LogP contribution in [0.1, 0.15) is 18.4 Å². The Balaban J connectivity index is 2.11. The fourth-order valence-corrected chi connectivity index (χ4v) is 2.86. The van der Waals surface area contributed by atoms with E-state index in [2.05, 4.69) is 5.32 Å². The molecule has 4 N–H and O–H groups in total. The highest BCUT2D eigenvalue weighted by Crippen LogP contribution is 2.23. The Bertz CT molecular complexity index is 852. The molecule has 0 fully saturated rings. The Morgan fingerprint density at radius 2 is 1.64 bits per heavy atom. The minimum Gasteiger partial charge on any atom is -0.481 e. The van der Waals surface area contributed by atoms with Crippen molar-refractivity contribution in [3.8, 4) is 11.1 Å². The standard InChI is InChI=1S/C20H20ClNO6/c21-15-3-1-2-14(11-15)13-6-4-12(5-7-13)10-16(19(26)20(27)28)22-17(23)8-9-18(24)25/h1-7,11,16,19,26H,8-10H2,(H,22,23)(H,24,25)(H,27,28)/t16-,19?/m1/s1. The van der Waals surface area contributed by atoms with Crippen LogP contribution in [0.3, 0.4) is 0 Å². The molecule has 0 aromatic heterocycles. The van der Waals surface area contributed by atoms with Crippen LogP contribution in [0.25, 0.3) is 11.1 Å².